The van der Waals surface area contributed by atoms with Gasteiger partial charge >= 0.3 is 0 Å². The fraction of sp³-hybridized carbons (Fsp3) is 0.647. The minimum absolute atomic E-state index is 0.771. The molecule has 0 amide bonds. The van der Waals surface area contributed by atoms with Gasteiger partial charge in [0, 0.05) is 55.0 Å². The van der Waals surface area contributed by atoms with Gasteiger partial charge in [-0.3, -0.25) is 4.90 Å². The van der Waals surface area contributed by atoms with Crippen LogP contribution in [0.2, 0.25) is 0 Å². The third-order valence-corrected chi connectivity index (χ3v) is 5.42. The van der Waals surface area contributed by atoms with Gasteiger partial charge in [-0.2, -0.15) is 0 Å². The van der Waals surface area contributed by atoms with E-state index in [-0.39, 0.29) is 0 Å². The lowest BCUT2D eigenvalue weighted by atomic mass is 10.1. The second-order valence-electron chi connectivity index (χ2n) is 6.68. The van der Waals surface area contributed by atoms with Crippen LogP contribution in [0.4, 0.5) is 5.69 Å². The van der Waals surface area contributed by atoms with E-state index in [2.05, 4.69) is 49.2 Å². The van der Waals surface area contributed by atoms with E-state index in [0.29, 0.717) is 0 Å². The molecule has 2 aliphatic carbocycles. The second kappa shape index (κ2) is 5.90. The van der Waals surface area contributed by atoms with Gasteiger partial charge in [0.25, 0.3) is 0 Å². The van der Waals surface area contributed by atoms with Crippen molar-refractivity contribution in [1.82, 2.24) is 10.2 Å². The first-order valence-electron chi connectivity index (χ1n) is 8.30. The molecule has 1 N–H and O–H groups in total. The van der Waals surface area contributed by atoms with Crippen LogP contribution in [0.15, 0.2) is 22.7 Å². The van der Waals surface area contributed by atoms with Gasteiger partial charge in [0.05, 0.1) is 0 Å². The molecule has 114 valence electrons. The largest absolute Gasteiger partial charge is 0.369 e. The predicted octanol–water partition coefficient (Wildman–Crippen LogP) is 2.99. The Morgan fingerprint density at radius 2 is 1.81 bits per heavy atom. The predicted molar refractivity (Wildman–Crippen MR) is 90.8 cm³/mol. The van der Waals surface area contributed by atoms with Crippen molar-refractivity contribution in [3.8, 4) is 0 Å². The number of rotatable bonds is 5. The second-order valence-corrected chi connectivity index (χ2v) is 7.60. The van der Waals surface area contributed by atoms with E-state index in [1.165, 1.54) is 67.6 Å². The summed E-state index contributed by atoms with van der Waals surface area (Å²) in [5.41, 5.74) is 2.87. The molecule has 3 fully saturated rings. The normalized spacial score (nSPS) is 23.6. The average Bonchev–Trinajstić information content (AvgIpc) is 3.39. The summed E-state index contributed by atoms with van der Waals surface area (Å²) in [6, 6.07) is 8.44. The molecule has 1 aromatic carbocycles. The fourth-order valence-electron chi connectivity index (χ4n) is 3.29. The van der Waals surface area contributed by atoms with Gasteiger partial charge in [0.1, 0.15) is 0 Å². The van der Waals surface area contributed by atoms with Crippen LogP contribution in [0, 0.1) is 0 Å². The summed E-state index contributed by atoms with van der Waals surface area (Å²) >= 11 is 3.64. The zero-order chi connectivity index (χ0) is 14.2. The summed E-state index contributed by atoms with van der Waals surface area (Å²) in [4.78, 5) is 5.25. The Morgan fingerprint density at radius 3 is 2.48 bits per heavy atom. The molecule has 1 aromatic rings. The zero-order valence-corrected chi connectivity index (χ0v) is 14.1. The van der Waals surface area contributed by atoms with Crippen LogP contribution in [-0.4, -0.2) is 43.2 Å². The number of benzene rings is 1. The fourth-order valence-corrected chi connectivity index (χ4v) is 3.64. The number of anilines is 1. The molecular formula is C17H24BrN3. The molecule has 1 saturated heterocycles. The topological polar surface area (TPSA) is 18.5 Å². The van der Waals surface area contributed by atoms with Gasteiger partial charge in [-0.25, -0.2) is 0 Å². The standard InChI is InChI=1S/C17H24BrN3/c18-14-2-1-13(12-19-15-3-4-15)17(11-14)21-9-7-20(8-10-21)16-5-6-16/h1-2,11,15-16,19H,3-10,12H2. The lowest BCUT2D eigenvalue weighted by Gasteiger charge is -2.37. The monoisotopic (exact) mass is 349 g/mol. The molecule has 0 bridgehead atoms. The summed E-state index contributed by atoms with van der Waals surface area (Å²) < 4.78 is 1.19. The van der Waals surface area contributed by atoms with E-state index in [9.17, 15) is 0 Å². The summed E-state index contributed by atoms with van der Waals surface area (Å²) in [5.74, 6) is 0. The number of piperazine rings is 1. The average molecular weight is 350 g/mol. The molecule has 3 aliphatic rings. The summed E-state index contributed by atoms with van der Waals surface area (Å²) in [6.45, 7) is 5.81. The molecule has 0 unspecified atom stereocenters. The van der Waals surface area contributed by atoms with Crippen molar-refractivity contribution in [3.63, 3.8) is 0 Å². The van der Waals surface area contributed by atoms with Crippen molar-refractivity contribution in [2.75, 3.05) is 31.1 Å². The maximum absolute atomic E-state index is 3.66. The Labute approximate surface area is 135 Å². The Hall–Kier alpha value is -0.580. The lowest BCUT2D eigenvalue weighted by Crippen LogP contribution is -2.47. The van der Waals surface area contributed by atoms with Gasteiger partial charge in [-0.05, 0) is 43.4 Å². The number of hydrogen-bond donors (Lipinski definition) is 1. The van der Waals surface area contributed by atoms with Crippen LogP contribution in [0.25, 0.3) is 0 Å². The molecule has 4 rings (SSSR count). The third kappa shape index (κ3) is 3.43. The van der Waals surface area contributed by atoms with E-state index in [1.54, 1.807) is 0 Å². The lowest BCUT2D eigenvalue weighted by molar-refractivity contribution is 0.248. The smallest absolute Gasteiger partial charge is 0.0424 e. The van der Waals surface area contributed by atoms with Crippen LogP contribution in [0.3, 0.4) is 0 Å². The van der Waals surface area contributed by atoms with Gasteiger partial charge in [0.2, 0.25) is 0 Å². The molecule has 1 aliphatic heterocycles. The molecule has 21 heavy (non-hydrogen) atoms. The van der Waals surface area contributed by atoms with E-state index in [4.69, 9.17) is 0 Å². The van der Waals surface area contributed by atoms with Crippen molar-refractivity contribution >= 4 is 21.6 Å². The first-order chi connectivity index (χ1) is 10.3. The van der Waals surface area contributed by atoms with Crippen molar-refractivity contribution in [2.45, 2.75) is 44.3 Å². The highest BCUT2D eigenvalue weighted by Crippen LogP contribution is 2.31. The first-order valence-corrected chi connectivity index (χ1v) is 9.10. The molecule has 3 nitrogen and oxygen atoms in total. The Bertz CT molecular complexity index is 503. The van der Waals surface area contributed by atoms with Crippen LogP contribution in [0.1, 0.15) is 31.2 Å². The van der Waals surface area contributed by atoms with Crippen LogP contribution < -0.4 is 10.2 Å². The molecule has 0 aromatic heterocycles. The van der Waals surface area contributed by atoms with E-state index in [0.717, 1.165) is 18.6 Å². The van der Waals surface area contributed by atoms with E-state index < -0.39 is 0 Å². The van der Waals surface area contributed by atoms with Gasteiger partial charge in [-0.1, -0.05) is 22.0 Å². The van der Waals surface area contributed by atoms with Gasteiger partial charge in [-0.15, -0.1) is 0 Å². The quantitative estimate of drug-likeness (QED) is 0.881. The number of nitrogens with zero attached hydrogens (tertiary/aromatic N) is 2. The number of nitrogens with one attached hydrogen (secondary N) is 1. The SMILES string of the molecule is Brc1ccc(CNC2CC2)c(N2CCN(C3CC3)CC2)c1. The van der Waals surface area contributed by atoms with Gasteiger partial charge < -0.3 is 10.2 Å². The van der Waals surface area contributed by atoms with E-state index in [1.807, 2.05) is 0 Å². The summed E-state index contributed by atoms with van der Waals surface area (Å²) in [5, 5.41) is 3.66. The van der Waals surface area contributed by atoms with Gasteiger partial charge in [0.15, 0.2) is 0 Å². The summed E-state index contributed by atoms with van der Waals surface area (Å²) in [6.07, 6.45) is 5.55. The maximum Gasteiger partial charge on any atom is 0.0424 e. The Morgan fingerprint density at radius 1 is 1.05 bits per heavy atom. The zero-order valence-electron chi connectivity index (χ0n) is 12.5. The molecule has 0 atom stereocenters. The Balaban J connectivity index is 1.45. The van der Waals surface area contributed by atoms with Crippen molar-refractivity contribution in [1.29, 1.82) is 0 Å². The minimum Gasteiger partial charge on any atom is -0.369 e. The number of halogens is 1. The van der Waals surface area contributed by atoms with Crippen molar-refractivity contribution in [2.24, 2.45) is 0 Å². The Kier molecular flexibility index (Phi) is 3.94. The van der Waals surface area contributed by atoms with Crippen LogP contribution in [-0.2, 0) is 6.54 Å². The van der Waals surface area contributed by atoms with E-state index >= 15 is 0 Å². The highest BCUT2D eigenvalue weighted by atomic mass is 79.9. The number of hydrogen-bond acceptors (Lipinski definition) is 3. The van der Waals surface area contributed by atoms with Crippen molar-refractivity contribution in [3.05, 3.63) is 28.2 Å². The van der Waals surface area contributed by atoms with Crippen LogP contribution in [0.5, 0.6) is 0 Å². The third-order valence-electron chi connectivity index (χ3n) is 4.92. The minimum atomic E-state index is 0.771. The maximum atomic E-state index is 3.66. The van der Waals surface area contributed by atoms with Crippen LogP contribution >= 0.6 is 15.9 Å². The molecule has 0 radical (unpaired) electrons. The molecule has 0 spiro atoms. The first kappa shape index (κ1) is 14.0. The highest BCUT2D eigenvalue weighted by Gasteiger charge is 2.31. The summed E-state index contributed by atoms with van der Waals surface area (Å²) in [7, 11) is 0. The molecular weight excluding hydrogens is 326 g/mol. The molecule has 4 heteroatoms. The molecule has 1 heterocycles. The van der Waals surface area contributed by atoms with Crippen molar-refractivity contribution < 1.29 is 0 Å². The highest BCUT2D eigenvalue weighted by molar-refractivity contribution is 9.10. The molecule has 2 saturated carbocycles.